The van der Waals surface area contributed by atoms with E-state index in [9.17, 15) is 5.11 Å². The van der Waals surface area contributed by atoms with Crippen LogP contribution in [0.1, 0.15) is 26.7 Å². The third-order valence-corrected chi connectivity index (χ3v) is 7.54. The number of hydrogen-bond acceptors (Lipinski definition) is 4. The van der Waals surface area contributed by atoms with Gasteiger partial charge in [0.25, 0.3) is 0 Å². The molecule has 3 nitrogen and oxygen atoms in total. The van der Waals surface area contributed by atoms with Gasteiger partial charge in [-0.3, -0.25) is 0 Å². The van der Waals surface area contributed by atoms with E-state index in [1.807, 2.05) is 11.8 Å². The Morgan fingerprint density at radius 1 is 1.42 bits per heavy atom. The second kappa shape index (κ2) is 6.34. The van der Waals surface area contributed by atoms with Gasteiger partial charge in [-0.25, -0.2) is 0 Å². The zero-order valence-corrected chi connectivity index (χ0v) is 17.1. The zero-order chi connectivity index (χ0) is 16.9. The predicted molar refractivity (Wildman–Crippen MR) is 92.7 cm³/mol. The van der Waals surface area contributed by atoms with Crippen LogP contribution >= 0.6 is 11.8 Å². The third kappa shape index (κ3) is 2.83. The summed E-state index contributed by atoms with van der Waals surface area (Å²) >= 11 is 1.66. The number of ether oxygens (including phenoxy) is 1. The van der Waals surface area contributed by atoms with Crippen molar-refractivity contribution in [3.8, 4) is 0 Å². The van der Waals surface area contributed by atoms with Gasteiger partial charge >= 0.3 is 159 Å². The molecule has 4 rings (SSSR count). The van der Waals surface area contributed by atoms with Gasteiger partial charge in [-0.05, 0) is 0 Å². The van der Waals surface area contributed by atoms with Crippen LogP contribution in [0.25, 0.3) is 0 Å². The van der Waals surface area contributed by atoms with Gasteiger partial charge in [0, 0.05) is 0 Å². The topological polar surface area (TPSA) is 38.7 Å². The van der Waals surface area contributed by atoms with Crippen molar-refractivity contribution in [2.45, 2.75) is 43.8 Å². The summed E-state index contributed by atoms with van der Waals surface area (Å²) in [5, 5.41) is 10.5. The van der Waals surface area contributed by atoms with Gasteiger partial charge in [-0.1, -0.05) is 0 Å². The molecule has 0 bridgehead atoms. The van der Waals surface area contributed by atoms with E-state index in [0.29, 0.717) is 5.92 Å². The molecule has 24 heavy (non-hydrogen) atoms. The molecule has 2 aliphatic heterocycles. The molecular weight excluding hydrogens is 435 g/mol. The molecule has 0 aromatic heterocycles. The molecule has 0 aromatic rings. The first-order valence-corrected chi connectivity index (χ1v) is 12.1. The molecule has 0 saturated carbocycles. The van der Waals surface area contributed by atoms with E-state index in [4.69, 9.17) is 7.80 Å². The van der Waals surface area contributed by atoms with Crippen molar-refractivity contribution in [1.29, 1.82) is 0 Å². The second-order valence-corrected chi connectivity index (χ2v) is 9.66. The molecule has 5 heteroatoms. The SMILES string of the molecule is C[I-]OC1C=C2OC(O)C3=C(SC4(C=C(C)C=CC4)C3)C2=CC1C. The van der Waals surface area contributed by atoms with E-state index < -0.39 is 6.29 Å². The summed E-state index contributed by atoms with van der Waals surface area (Å²) in [5.41, 5.74) is 3.49. The number of allylic oxidation sites excluding steroid dienone is 4. The molecule has 2 aliphatic carbocycles. The number of rotatable bonds is 2. The summed E-state index contributed by atoms with van der Waals surface area (Å²) in [7, 11) is 0. The fourth-order valence-corrected chi connectivity index (χ4v) is 6.66. The van der Waals surface area contributed by atoms with Crippen molar-refractivity contribution in [3.63, 3.8) is 0 Å². The first-order chi connectivity index (χ1) is 11.5. The second-order valence-electron chi connectivity index (χ2n) is 6.84. The van der Waals surface area contributed by atoms with Crippen LogP contribution in [0.5, 0.6) is 0 Å². The normalized spacial score (nSPS) is 37.7. The summed E-state index contributed by atoms with van der Waals surface area (Å²) in [6, 6.07) is 0. The number of aliphatic hydroxyl groups excluding tert-OH is 1. The van der Waals surface area contributed by atoms with Crippen LogP contribution < -0.4 is 21.6 Å². The van der Waals surface area contributed by atoms with Crippen LogP contribution in [-0.2, 0) is 7.80 Å². The molecule has 4 atom stereocenters. The van der Waals surface area contributed by atoms with Crippen LogP contribution in [0, 0.1) is 5.92 Å². The van der Waals surface area contributed by atoms with Crippen molar-refractivity contribution >= 4 is 11.8 Å². The van der Waals surface area contributed by atoms with Crippen LogP contribution in [0.15, 0.2) is 57.8 Å². The molecule has 0 radical (unpaired) electrons. The summed E-state index contributed by atoms with van der Waals surface area (Å²) in [4.78, 5) is 3.33. The van der Waals surface area contributed by atoms with Gasteiger partial charge in [0.05, 0.1) is 0 Å². The van der Waals surface area contributed by atoms with Crippen molar-refractivity contribution in [3.05, 3.63) is 57.8 Å². The van der Waals surface area contributed by atoms with Crippen molar-refractivity contribution in [2.24, 2.45) is 5.92 Å². The number of hydrogen-bond donors (Lipinski definition) is 1. The molecule has 130 valence electrons. The van der Waals surface area contributed by atoms with Crippen LogP contribution in [0.2, 0.25) is 0 Å². The van der Waals surface area contributed by atoms with E-state index in [0.717, 1.165) is 29.7 Å². The van der Waals surface area contributed by atoms with Crippen LogP contribution in [-0.4, -0.2) is 27.2 Å². The van der Waals surface area contributed by atoms with E-state index in [1.54, 1.807) is 0 Å². The quantitative estimate of drug-likeness (QED) is 0.493. The molecule has 0 amide bonds. The summed E-state index contributed by atoms with van der Waals surface area (Å²) < 4.78 is 11.8. The van der Waals surface area contributed by atoms with Gasteiger partial charge in [0.1, 0.15) is 0 Å². The Bertz CT molecular complexity index is 718. The van der Waals surface area contributed by atoms with Crippen LogP contribution in [0.4, 0.5) is 0 Å². The predicted octanol–water partition coefficient (Wildman–Crippen LogP) is 0.850. The third-order valence-electron chi connectivity index (χ3n) is 4.92. The Balaban J connectivity index is 1.68. The Morgan fingerprint density at radius 2 is 2.25 bits per heavy atom. The first-order valence-electron chi connectivity index (χ1n) is 8.24. The summed E-state index contributed by atoms with van der Waals surface area (Å²) in [5.74, 6) is 1.12. The molecule has 1 N–H and O–H groups in total. The molecule has 0 saturated heterocycles. The summed E-state index contributed by atoms with van der Waals surface area (Å²) in [6.07, 6.45) is 12.2. The Kier molecular flexibility index (Phi) is 4.48. The van der Waals surface area contributed by atoms with Gasteiger partial charge in [-0.15, -0.1) is 0 Å². The number of alkyl halides is 1. The Hall–Kier alpha value is -0.500. The van der Waals surface area contributed by atoms with Crippen LogP contribution in [0.3, 0.4) is 0 Å². The first kappa shape index (κ1) is 16.9. The molecule has 0 aromatic carbocycles. The maximum absolute atomic E-state index is 10.5. The molecular formula is C19H22IO3S-. The van der Waals surface area contributed by atoms with Crippen molar-refractivity contribution < 1.29 is 34.5 Å². The molecule has 0 fully saturated rings. The van der Waals surface area contributed by atoms with E-state index in [2.05, 4.69) is 49.2 Å². The van der Waals surface area contributed by atoms with Gasteiger partial charge in [0.15, 0.2) is 0 Å². The average molecular weight is 457 g/mol. The number of fused-ring (bicyclic) bond motifs is 2. The maximum atomic E-state index is 10.5. The number of halogens is 1. The number of thioether (sulfide) groups is 1. The summed E-state index contributed by atoms with van der Waals surface area (Å²) in [6.45, 7) is 4.34. The zero-order valence-electron chi connectivity index (χ0n) is 14.1. The Morgan fingerprint density at radius 3 is 3.00 bits per heavy atom. The van der Waals surface area contributed by atoms with Gasteiger partial charge in [-0.2, -0.15) is 0 Å². The Labute approximate surface area is 158 Å². The number of aliphatic hydroxyl groups is 1. The minimum absolute atomic E-state index is 0.0373. The fraction of sp³-hybridized carbons (Fsp3) is 0.474. The van der Waals surface area contributed by atoms with Gasteiger partial charge < -0.3 is 0 Å². The minimum atomic E-state index is -0.833. The molecule has 2 heterocycles. The molecule has 4 aliphatic rings. The standard InChI is InChI=1S/C19H22IO3S/c1-11-5-4-6-19(9-11)10-14-17(24-19)13-7-12(2)15(23-20-3)8-16(13)22-18(14)21/h4-5,7-9,12,15,18,21H,6,10H2,1-3H3/q-1. The van der Waals surface area contributed by atoms with Crippen molar-refractivity contribution in [2.75, 3.05) is 4.93 Å². The van der Waals surface area contributed by atoms with E-state index >= 15 is 0 Å². The monoisotopic (exact) mass is 457 g/mol. The van der Waals surface area contributed by atoms with Gasteiger partial charge in [0.2, 0.25) is 0 Å². The van der Waals surface area contributed by atoms with E-state index in [1.165, 1.54) is 10.5 Å². The average Bonchev–Trinajstić information content (AvgIpc) is 2.89. The van der Waals surface area contributed by atoms with E-state index in [-0.39, 0.29) is 32.5 Å². The van der Waals surface area contributed by atoms with Crippen molar-refractivity contribution in [1.82, 2.24) is 0 Å². The molecule has 1 spiro atoms. The molecule has 4 unspecified atom stereocenters. The fourth-order valence-electron chi connectivity index (χ4n) is 3.82.